The molecule has 7 nitrogen and oxygen atoms in total. The molecule has 3 atom stereocenters. The predicted octanol–water partition coefficient (Wildman–Crippen LogP) is 4.07. The summed E-state index contributed by atoms with van der Waals surface area (Å²) in [7, 11) is 0. The van der Waals surface area contributed by atoms with Crippen LogP contribution in [0.5, 0.6) is 0 Å². The lowest BCUT2D eigenvalue weighted by atomic mass is 9.95. The highest BCUT2D eigenvalue weighted by Gasteiger charge is 2.25. The number of nitrogens with zero attached hydrogens (tertiary/aromatic N) is 2. The number of aromatic nitrogens is 2. The van der Waals surface area contributed by atoms with Gasteiger partial charge in [-0.2, -0.15) is 5.10 Å². The number of pyridine rings is 1. The van der Waals surface area contributed by atoms with Crippen molar-refractivity contribution in [1.82, 2.24) is 20.2 Å². The summed E-state index contributed by atoms with van der Waals surface area (Å²) in [6.07, 6.45) is 2.51. The van der Waals surface area contributed by atoms with Crippen LogP contribution in [0, 0.1) is 6.92 Å². The van der Waals surface area contributed by atoms with Gasteiger partial charge in [-0.25, -0.2) is 4.52 Å². The van der Waals surface area contributed by atoms with E-state index in [1.54, 1.807) is 36.0 Å². The van der Waals surface area contributed by atoms with Gasteiger partial charge in [0.2, 0.25) is 0 Å². The Bertz CT molecular complexity index is 1330. The van der Waals surface area contributed by atoms with E-state index in [2.05, 4.69) is 53.8 Å². The van der Waals surface area contributed by atoms with Crippen LogP contribution < -0.4 is 10.6 Å². The molecule has 0 aliphatic rings. The molecule has 186 valence electrons. The Labute approximate surface area is 211 Å². The number of aryl methyl sites for hydroxylation is 1. The number of hydrogen-bond donors (Lipinski definition) is 3. The minimum atomic E-state index is -0.636. The Morgan fingerprint density at radius 2 is 1.67 bits per heavy atom. The number of hydrogen-bond acceptors (Lipinski definition) is 5. The summed E-state index contributed by atoms with van der Waals surface area (Å²) in [6, 6.07) is 21.0. The van der Waals surface area contributed by atoms with Crippen LogP contribution in [0.3, 0.4) is 0 Å². The zero-order valence-corrected chi connectivity index (χ0v) is 20.8. The van der Waals surface area contributed by atoms with Crippen LogP contribution in [0.25, 0.3) is 5.52 Å². The standard InChI is InChI=1S/C29H32N4O3/c1-19-9-11-22(12-10-19)20(2)15-30-27(23-7-5-4-6-8-23)28(35)25-17-32-33-18-24(13-14-26(25)33)29(36)31-16-21(3)34/h4-14,17-18,20-21,27,30,34H,15-16H2,1-3H3,(H,31,36)/t20-,21-,27+/m1/s1. The van der Waals surface area contributed by atoms with Gasteiger partial charge in [0.1, 0.15) is 0 Å². The summed E-state index contributed by atoms with van der Waals surface area (Å²) >= 11 is 0. The normalized spacial score (nSPS) is 13.8. The molecule has 0 aliphatic carbocycles. The second-order valence-corrected chi connectivity index (χ2v) is 9.29. The van der Waals surface area contributed by atoms with Crippen LogP contribution in [-0.4, -0.2) is 45.6 Å². The minimum absolute atomic E-state index is 0.0846. The molecular formula is C29H32N4O3. The van der Waals surface area contributed by atoms with Crippen molar-refractivity contribution in [2.24, 2.45) is 0 Å². The highest BCUT2D eigenvalue weighted by atomic mass is 16.3. The van der Waals surface area contributed by atoms with E-state index in [1.807, 2.05) is 30.3 Å². The molecule has 36 heavy (non-hydrogen) atoms. The highest BCUT2D eigenvalue weighted by Crippen LogP contribution is 2.24. The van der Waals surface area contributed by atoms with E-state index >= 15 is 0 Å². The predicted molar refractivity (Wildman–Crippen MR) is 140 cm³/mol. The Hall–Kier alpha value is -3.81. The average molecular weight is 485 g/mol. The van der Waals surface area contributed by atoms with Crippen LogP contribution in [0.4, 0.5) is 0 Å². The van der Waals surface area contributed by atoms with E-state index in [4.69, 9.17) is 0 Å². The Balaban J connectivity index is 1.57. The third-order valence-electron chi connectivity index (χ3n) is 6.27. The van der Waals surface area contributed by atoms with Gasteiger partial charge in [-0.1, -0.05) is 67.1 Å². The molecule has 0 spiro atoms. The summed E-state index contributed by atoms with van der Waals surface area (Å²) in [5, 5.41) is 19.9. The Morgan fingerprint density at radius 3 is 2.36 bits per heavy atom. The third kappa shape index (κ3) is 5.87. The van der Waals surface area contributed by atoms with Crippen LogP contribution in [0.15, 0.2) is 79.1 Å². The lowest BCUT2D eigenvalue weighted by molar-refractivity contribution is 0.0922. The smallest absolute Gasteiger partial charge is 0.252 e. The maximum atomic E-state index is 13.8. The summed E-state index contributed by atoms with van der Waals surface area (Å²) in [4.78, 5) is 26.2. The average Bonchev–Trinajstić information content (AvgIpc) is 3.31. The molecule has 0 unspecified atom stereocenters. The van der Waals surface area contributed by atoms with Gasteiger partial charge in [0.05, 0.1) is 35.0 Å². The van der Waals surface area contributed by atoms with Gasteiger partial charge >= 0.3 is 0 Å². The summed E-state index contributed by atoms with van der Waals surface area (Å²) in [6.45, 7) is 6.60. The number of carbonyl (C=O) groups is 2. The van der Waals surface area contributed by atoms with E-state index in [1.165, 1.54) is 11.1 Å². The van der Waals surface area contributed by atoms with Crippen molar-refractivity contribution in [1.29, 1.82) is 0 Å². The van der Waals surface area contributed by atoms with Crippen molar-refractivity contribution in [3.8, 4) is 0 Å². The molecule has 4 rings (SSSR count). The largest absolute Gasteiger partial charge is 0.392 e. The summed E-state index contributed by atoms with van der Waals surface area (Å²) in [5.41, 5.74) is 4.82. The number of nitrogens with one attached hydrogen (secondary N) is 2. The van der Waals surface area contributed by atoms with Crippen molar-refractivity contribution in [2.45, 2.75) is 38.8 Å². The number of aliphatic hydroxyl groups excluding tert-OH is 1. The topological polar surface area (TPSA) is 95.7 Å². The number of amides is 1. The molecule has 0 fully saturated rings. The molecule has 0 bridgehead atoms. The minimum Gasteiger partial charge on any atom is -0.392 e. The second-order valence-electron chi connectivity index (χ2n) is 9.29. The van der Waals surface area contributed by atoms with Crippen molar-refractivity contribution in [2.75, 3.05) is 13.1 Å². The van der Waals surface area contributed by atoms with Crippen molar-refractivity contribution < 1.29 is 14.7 Å². The number of Topliss-reactive ketones (excluding diaryl/α,β-unsaturated/α-hetero) is 1. The van der Waals surface area contributed by atoms with E-state index < -0.39 is 12.1 Å². The number of carbonyl (C=O) groups excluding carboxylic acids is 2. The Morgan fingerprint density at radius 1 is 0.944 bits per heavy atom. The summed E-state index contributed by atoms with van der Waals surface area (Å²) in [5.74, 6) is -0.176. The number of fused-ring (bicyclic) bond motifs is 1. The van der Waals surface area contributed by atoms with E-state index in [-0.39, 0.29) is 24.2 Å². The van der Waals surface area contributed by atoms with E-state index in [0.717, 1.165) is 5.56 Å². The monoisotopic (exact) mass is 484 g/mol. The molecule has 4 aromatic rings. The fourth-order valence-corrected chi connectivity index (χ4v) is 4.12. The molecule has 0 saturated carbocycles. The number of ketones is 1. The quantitative estimate of drug-likeness (QED) is 0.295. The zero-order chi connectivity index (χ0) is 25.7. The molecular weight excluding hydrogens is 452 g/mol. The fourth-order valence-electron chi connectivity index (χ4n) is 4.12. The van der Waals surface area contributed by atoms with Crippen LogP contribution in [0.1, 0.15) is 63.2 Å². The van der Waals surface area contributed by atoms with E-state index in [0.29, 0.717) is 23.2 Å². The first-order chi connectivity index (χ1) is 17.3. The molecule has 2 aromatic heterocycles. The first-order valence-corrected chi connectivity index (χ1v) is 12.2. The van der Waals surface area contributed by atoms with Gasteiger partial charge in [-0.05, 0) is 43.0 Å². The van der Waals surface area contributed by atoms with Gasteiger partial charge in [0.25, 0.3) is 5.91 Å². The number of aliphatic hydroxyl groups is 1. The van der Waals surface area contributed by atoms with Crippen molar-refractivity contribution in [3.05, 3.63) is 107 Å². The number of benzene rings is 2. The molecule has 7 heteroatoms. The molecule has 3 N–H and O–H groups in total. The highest BCUT2D eigenvalue weighted by molar-refractivity contribution is 6.06. The second kappa shape index (κ2) is 11.3. The van der Waals surface area contributed by atoms with Crippen LogP contribution in [0.2, 0.25) is 0 Å². The van der Waals surface area contributed by atoms with E-state index in [9.17, 15) is 14.7 Å². The lowest BCUT2D eigenvalue weighted by Crippen LogP contribution is -2.31. The SMILES string of the molecule is Cc1ccc([C@H](C)CN[C@H](C(=O)c2cnn3cc(C(=O)NC[C@@H](C)O)ccc23)c2ccccc2)cc1. The van der Waals surface area contributed by atoms with Gasteiger partial charge < -0.3 is 15.7 Å². The van der Waals surface area contributed by atoms with Gasteiger partial charge in [0, 0.05) is 19.3 Å². The van der Waals surface area contributed by atoms with Gasteiger partial charge in [-0.3, -0.25) is 9.59 Å². The molecule has 0 radical (unpaired) electrons. The molecule has 0 saturated heterocycles. The van der Waals surface area contributed by atoms with Crippen molar-refractivity contribution in [3.63, 3.8) is 0 Å². The molecule has 2 aromatic carbocycles. The lowest BCUT2D eigenvalue weighted by Gasteiger charge is -2.21. The third-order valence-corrected chi connectivity index (χ3v) is 6.27. The number of rotatable bonds is 10. The first-order valence-electron chi connectivity index (χ1n) is 12.2. The Kier molecular flexibility index (Phi) is 7.93. The summed E-state index contributed by atoms with van der Waals surface area (Å²) < 4.78 is 1.54. The van der Waals surface area contributed by atoms with Crippen LogP contribution in [-0.2, 0) is 0 Å². The molecule has 2 heterocycles. The fraction of sp³-hybridized carbons (Fsp3) is 0.276. The van der Waals surface area contributed by atoms with Crippen molar-refractivity contribution >= 4 is 17.2 Å². The maximum Gasteiger partial charge on any atom is 0.252 e. The maximum absolute atomic E-state index is 13.8. The first kappa shape index (κ1) is 25.3. The zero-order valence-electron chi connectivity index (χ0n) is 20.8. The molecule has 0 aliphatic heterocycles. The van der Waals surface area contributed by atoms with Gasteiger partial charge in [-0.15, -0.1) is 0 Å². The van der Waals surface area contributed by atoms with Crippen LogP contribution >= 0.6 is 0 Å². The molecule has 1 amide bonds. The van der Waals surface area contributed by atoms with Gasteiger partial charge in [0.15, 0.2) is 5.78 Å².